The first kappa shape index (κ1) is 6.13. The molecule has 0 amide bonds. The molecule has 1 rings (SSSR count). The van der Waals surface area contributed by atoms with Gasteiger partial charge in [-0.2, -0.15) is 0 Å². The molecule has 41 valence electrons. The zero-order chi connectivity index (χ0) is 6.69. The van der Waals surface area contributed by atoms with E-state index in [9.17, 15) is 0 Å². The van der Waals surface area contributed by atoms with Crippen molar-refractivity contribution in [3.05, 3.63) is 12.5 Å². The van der Waals surface area contributed by atoms with E-state index in [2.05, 4.69) is 9.97 Å². The van der Waals surface area contributed by atoms with Crippen molar-refractivity contribution < 1.29 is 0 Å². The number of nitrogens with two attached hydrogens (primary N) is 1. The monoisotopic (exact) mass is 116 g/mol. The van der Waals surface area contributed by atoms with Crippen molar-refractivity contribution >= 4 is 25.5 Å². The molecule has 0 saturated carbocycles. The Morgan fingerprint density at radius 3 is 2.89 bits per heavy atom. The van der Waals surface area contributed by atoms with Crippen LogP contribution in [0.1, 0.15) is 0 Å². The number of aromatic nitrogens is 2. The summed E-state index contributed by atoms with van der Waals surface area (Å²) in [5.74, 6) is 0.410. The van der Waals surface area contributed by atoms with Gasteiger partial charge in [-0.15, -0.1) is 0 Å². The normalized spacial score (nSPS) is 8.33. The predicted octanol–water partition coefficient (Wildman–Crippen LogP) is -1.53. The van der Waals surface area contributed by atoms with Crippen LogP contribution in [0.4, 0.5) is 5.82 Å². The average molecular weight is 116 g/mol. The van der Waals surface area contributed by atoms with Gasteiger partial charge in [0.15, 0.2) is 0 Å². The van der Waals surface area contributed by atoms with Crippen LogP contribution in [0.15, 0.2) is 12.5 Å². The molecule has 0 aromatic carbocycles. The summed E-state index contributed by atoms with van der Waals surface area (Å²) in [5.41, 5.74) is 6.03. The number of nitrogen functional groups attached to an aromatic ring is 1. The molecule has 0 aliphatic heterocycles. The first-order valence-corrected chi connectivity index (χ1v) is 2.45. The maximum atomic E-state index is 5.37. The standard InChI is InChI=1S/C4H4B2N3/c5-6-3-1-8-2-9-4(3)7/h1-2H,(H2,7,8,9). The van der Waals surface area contributed by atoms with Crippen LogP contribution in [-0.2, 0) is 0 Å². The molecule has 2 N–H and O–H groups in total. The third kappa shape index (κ3) is 1.22. The van der Waals surface area contributed by atoms with Crippen LogP contribution >= 0.6 is 0 Å². The Kier molecular flexibility index (Phi) is 1.72. The number of hydrogen-bond acceptors (Lipinski definition) is 3. The Labute approximate surface area is 54.6 Å². The average Bonchev–Trinajstić information content (AvgIpc) is 1.89. The van der Waals surface area contributed by atoms with Crippen LogP contribution in [0, 0.1) is 0 Å². The number of hydrogen-bond donors (Lipinski definition) is 1. The summed E-state index contributed by atoms with van der Waals surface area (Å²) < 4.78 is 0. The second-order valence-corrected chi connectivity index (χ2v) is 1.53. The SMILES string of the molecule is [B]=Bc1cncnc1N. The molecule has 0 atom stereocenters. The van der Waals surface area contributed by atoms with E-state index in [-0.39, 0.29) is 0 Å². The summed E-state index contributed by atoms with van der Waals surface area (Å²) in [6, 6.07) is 0. The molecule has 9 heavy (non-hydrogen) atoms. The van der Waals surface area contributed by atoms with Gasteiger partial charge in [0.25, 0.3) is 0 Å². The van der Waals surface area contributed by atoms with E-state index >= 15 is 0 Å². The minimum atomic E-state index is 0.410. The van der Waals surface area contributed by atoms with Crippen LogP contribution in [0.5, 0.6) is 0 Å². The first-order valence-electron chi connectivity index (χ1n) is 2.45. The minimum absolute atomic E-state index is 0.410. The first-order chi connectivity index (χ1) is 4.34. The summed E-state index contributed by atoms with van der Waals surface area (Å²) in [6.45, 7) is 1.37. The van der Waals surface area contributed by atoms with Gasteiger partial charge in [0.2, 0.25) is 0 Å². The Morgan fingerprint density at radius 1 is 1.67 bits per heavy atom. The summed E-state index contributed by atoms with van der Waals surface area (Å²) in [6.07, 6.45) is 2.94. The van der Waals surface area contributed by atoms with E-state index in [0.29, 0.717) is 11.3 Å². The van der Waals surface area contributed by atoms with E-state index < -0.39 is 0 Å². The molecular weight excluding hydrogens is 112 g/mol. The van der Waals surface area contributed by atoms with Gasteiger partial charge in [-0.05, 0) is 0 Å². The van der Waals surface area contributed by atoms with Crippen molar-refractivity contribution in [3.63, 3.8) is 0 Å². The molecule has 0 aliphatic carbocycles. The van der Waals surface area contributed by atoms with E-state index in [4.69, 9.17) is 13.1 Å². The zero-order valence-electron chi connectivity index (χ0n) is 4.78. The Bertz CT molecular complexity index is 225. The molecule has 1 aromatic rings. The summed E-state index contributed by atoms with van der Waals surface area (Å²) in [5, 5.41) is 0. The second-order valence-electron chi connectivity index (χ2n) is 1.53. The van der Waals surface area contributed by atoms with Crippen LogP contribution in [0.2, 0.25) is 0 Å². The van der Waals surface area contributed by atoms with Gasteiger partial charge in [-0.3, -0.25) is 0 Å². The van der Waals surface area contributed by atoms with Crippen LogP contribution < -0.4 is 11.2 Å². The van der Waals surface area contributed by atoms with Gasteiger partial charge in [-0.1, -0.05) is 0 Å². The number of nitrogens with zero attached hydrogens (tertiary/aromatic N) is 2. The van der Waals surface area contributed by atoms with Crippen molar-refractivity contribution in [1.29, 1.82) is 0 Å². The van der Waals surface area contributed by atoms with Gasteiger partial charge >= 0.3 is 53.7 Å². The molecule has 0 saturated heterocycles. The molecular formula is C4H4B2N3. The summed E-state index contributed by atoms with van der Waals surface area (Å²) in [4.78, 5) is 7.42. The van der Waals surface area contributed by atoms with Gasteiger partial charge in [-0.25, -0.2) is 0 Å². The van der Waals surface area contributed by atoms with Crippen molar-refractivity contribution in [3.8, 4) is 0 Å². The van der Waals surface area contributed by atoms with Crippen molar-refractivity contribution in [2.45, 2.75) is 0 Å². The number of anilines is 1. The van der Waals surface area contributed by atoms with Crippen molar-refractivity contribution in [2.24, 2.45) is 0 Å². The molecule has 0 spiro atoms. The van der Waals surface area contributed by atoms with Gasteiger partial charge in [0, 0.05) is 0 Å². The summed E-state index contributed by atoms with van der Waals surface area (Å²) >= 11 is 0. The Morgan fingerprint density at radius 2 is 2.44 bits per heavy atom. The number of rotatable bonds is 1. The second kappa shape index (κ2) is 2.53. The molecule has 1 heterocycles. The van der Waals surface area contributed by atoms with Crippen molar-refractivity contribution in [1.82, 2.24) is 9.97 Å². The quantitative estimate of drug-likeness (QED) is 0.452. The van der Waals surface area contributed by atoms with E-state index in [1.165, 1.54) is 13.1 Å². The topological polar surface area (TPSA) is 51.8 Å². The zero-order valence-corrected chi connectivity index (χ0v) is 4.78. The Hall–Kier alpha value is -0.990. The van der Waals surface area contributed by atoms with Crippen LogP contribution in [0.25, 0.3) is 0 Å². The van der Waals surface area contributed by atoms with Gasteiger partial charge in [0.05, 0.1) is 0 Å². The summed E-state index contributed by atoms with van der Waals surface area (Å²) in [7, 11) is 5.17. The van der Waals surface area contributed by atoms with E-state index in [1.54, 1.807) is 6.20 Å². The van der Waals surface area contributed by atoms with Crippen LogP contribution in [-0.4, -0.2) is 24.1 Å². The maximum absolute atomic E-state index is 5.37. The predicted molar refractivity (Wildman–Crippen MR) is 37.6 cm³/mol. The molecule has 0 bridgehead atoms. The molecule has 1 aromatic heterocycles. The molecule has 0 fully saturated rings. The van der Waals surface area contributed by atoms with Crippen molar-refractivity contribution in [2.75, 3.05) is 5.73 Å². The molecule has 0 unspecified atom stereocenters. The molecule has 0 aliphatic rings. The third-order valence-corrected chi connectivity index (χ3v) is 0.952. The van der Waals surface area contributed by atoms with E-state index in [1.807, 2.05) is 0 Å². The molecule has 5 heteroatoms. The fourth-order valence-electron chi connectivity index (χ4n) is 0.478. The van der Waals surface area contributed by atoms with Gasteiger partial charge < -0.3 is 0 Å². The van der Waals surface area contributed by atoms with E-state index in [0.717, 1.165) is 0 Å². The fraction of sp³-hybridized carbons (Fsp3) is 0. The third-order valence-electron chi connectivity index (χ3n) is 0.952. The van der Waals surface area contributed by atoms with Crippen LogP contribution in [0.3, 0.4) is 0 Å². The Balaban J connectivity index is 3.15. The molecule has 3 nitrogen and oxygen atoms in total. The fourth-order valence-corrected chi connectivity index (χ4v) is 0.478. The van der Waals surface area contributed by atoms with Gasteiger partial charge in [0.1, 0.15) is 0 Å². The molecule has 1 radical (unpaired) electrons.